The van der Waals surface area contributed by atoms with Crippen molar-refractivity contribution in [3.63, 3.8) is 0 Å². The number of halogens is 2. The average molecular weight is 392 g/mol. The highest BCUT2D eigenvalue weighted by Gasteiger charge is 2.25. The summed E-state index contributed by atoms with van der Waals surface area (Å²) in [7, 11) is 0. The quantitative estimate of drug-likeness (QED) is 0.822. The zero-order valence-electron chi connectivity index (χ0n) is 10.9. The summed E-state index contributed by atoms with van der Waals surface area (Å²) in [6, 6.07) is 8.88. The highest BCUT2D eigenvalue weighted by Crippen LogP contribution is 2.39. The molecule has 1 fully saturated rings. The van der Waals surface area contributed by atoms with Gasteiger partial charge in [0.2, 0.25) is 0 Å². The fourth-order valence-corrected chi connectivity index (χ4v) is 5.44. The summed E-state index contributed by atoms with van der Waals surface area (Å²) < 4.78 is 2.06. The van der Waals surface area contributed by atoms with Crippen LogP contribution in [0.4, 0.5) is 0 Å². The second kappa shape index (κ2) is 6.90. The lowest BCUT2D eigenvalue weighted by molar-refractivity contribution is 0.247. The Kier molecular flexibility index (Phi) is 5.18. The highest BCUT2D eigenvalue weighted by atomic mass is 79.9. The van der Waals surface area contributed by atoms with E-state index >= 15 is 0 Å². The van der Waals surface area contributed by atoms with Gasteiger partial charge in [-0.1, -0.05) is 11.6 Å². The van der Waals surface area contributed by atoms with Crippen molar-refractivity contribution in [3.05, 3.63) is 42.1 Å². The Balaban J connectivity index is 1.94. The Morgan fingerprint density at radius 1 is 1.10 bits per heavy atom. The molecule has 3 rings (SSSR count). The predicted molar refractivity (Wildman–Crippen MR) is 92.3 cm³/mol. The number of nitrogens with zero attached hydrogens (tertiary/aromatic N) is 1. The number of hydrogen-bond donors (Lipinski definition) is 1. The Morgan fingerprint density at radius 3 is 2.60 bits per heavy atom. The maximum absolute atomic E-state index is 6.15. The van der Waals surface area contributed by atoms with Crippen molar-refractivity contribution in [2.24, 2.45) is 0 Å². The van der Waals surface area contributed by atoms with Crippen LogP contribution in [0.1, 0.15) is 22.2 Å². The van der Waals surface area contributed by atoms with Crippen LogP contribution in [-0.4, -0.2) is 31.1 Å². The topological polar surface area (TPSA) is 15.3 Å². The minimum atomic E-state index is 0.337. The van der Waals surface area contributed by atoms with Gasteiger partial charge in [0.15, 0.2) is 0 Å². The summed E-state index contributed by atoms with van der Waals surface area (Å²) in [6.45, 7) is 4.38. The molecule has 108 valence electrons. The van der Waals surface area contributed by atoms with Crippen molar-refractivity contribution >= 4 is 50.2 Å². The molecule has 2 nitrogen and oxygen atoms in total. The third-order valence-electron chi connectivity index (χ3n) is 3.47. The van der Waals surface area contributed by atoms with E-state index in [-0.39, 0.29) is 0 Å². The largest absolute Gasteiger partial charge is 0.315 e. The van der Waals surface area contributed by atoms with Crippen LogP contribution >= 0.6 is 50.2 Å². The van der Waals surface area contributed by atoms with Gasteiger partial charge >= 0.3 is 0 Å². The molecule has 1 aliphatic heterocycles. The van der Waals surface area contributed by atoms with Crippen LogP contribution in [0.5, 0.6) is 0 Å². The van der Waals surface area contributed by atoms with E-state index in [4.69, 9.17) is 11.6 Å². The molecule has 1 aliphatic rings. The molecule has 20 heavy (non-hydrogen) atoms. The minimum absolute atomic E-state index is 0.337. The summed E-state index contributed by atoms with van der Waals surface area (Å²) in [4.78, 5) is 5.30. The summed E-state index contributed by atoms with van der Waals surface area (Å²) in [5.41, 5.74) is 0. The van der Waals surface area contributed by atoms with Gasteiger partial charge in [0.05, 0.1) is 14.2 Å². The highest BCUT2D eigenvalue weighted by molar-refractivity contribution is 9.11. The van der Waals surface area contributed by atoms with Crippen LogP contribution in [0.3, 0.4) is 0 Å². The zero-order chi connectivity index (χ0) is 13.9. The number of hydrogen-bond acceptors (Lipinski definition) is 4. The molecular weight excluding hydrogens is 376 g/mol. The van der Waals surface area contributed by atoms with E-state index in [2.05, 4.69) is 44.3 Å². The van der Waals surface area contributed by atoms with Crippen LogP contribution < -0.4 is 5.32 Å². The van der Waals surface area contributed by atoms with E-state index in [1.807, 2.05) is 17.4 Å². The molecule has 2 aromatic rings. The Morgan fingerprint density at radius 2 is 1.90 bits per heavy atom. The first-order valence-electron chi connectivity index (χ1n) is 6.69. The van der Waals surface area contributed by atoms with E-state index in [1.165, 1.54) is 20.0 Å². The molecule has 1 saturated heterocycles. The van der Waals surface area contributed by atoms with Gasteiger partial charge in [-0.2, -0.15) is 0 Å². The lowest BCUT2D eigenvalue weighted by Gasteiger charge is -2.29. The van der Waals surface area contributed by atoms with E-state index in [0.29, 0.717) is 6.04 Å². The normalized spacial score (nSPS) is 18.9. The standard InChI is InChI=1S/C14H16BrClN2S2/c15-12-4-2-10(19-12)14(11-3-5-13(16)20-11)18-8-1-6-17-7-9-18/h2-5,14,17H,1,6-9H2. The fraction of sp³-hybridized carbons (Fsp3) is 0.429. The molecule has 0 spiro atoms. The maximum Gasteiger partial charge on any atom is 0.0931 e. The Labute approximate surface area is 140 Å². The second-order valence-electron chi connectivity index (χ2n) is 4.83. The summed E-state index contributed by atoms with van der Waals surface area (Å²) in [5.74, 6) is 0. The molecule has 0 amide bonds. The van der Waals surface area contributed by atoms with Gasteiger partial charge in [-0.15, -0.1) is 22.7 Å². The maximum atomic E-state index is 6.15. The SMILES string of the molecule is Clc1ccc(C(c2ccc(Br)s2)N2CCCNCC2)s1. The molecule has 0 radical (unpaired) electrons. The van der Waals surface area contributed by atoms with Crippen molar-refractivity contribution in [2.45, 2.75) is 12.5 Å². The van der Waals surface area contributed by atoms with Crippen LogP contribution in [0.15, 0.2) is 28.1 Å². The van der Waals surface area contributed by atoms with Gasteiger partial charge in [0.1, 0.15) is 0 Å². The number of thiophene rings is 2. The van der Waals surface area contributed by atoms with Gasteiger partial charge in [0, 0.05) is 29.4 Å². The van der Waals surface area contributed by atoms with Crippen LogP contribution in [0, 0.1) is 0 Å². The molecule has 1 unspecified atom stereocenters. The van der Waals surface area contributed by atoms with Crippen molar-refractivity contribution in [1.29, 1.82) is 0 Å². The fourth-order valence-electron chi connectivity index (χ4n) is 2.58. The average Bonchev–Trinajstić information content (AvgIpc) is 2.93. The van der Waals surface area contributed by atoms with Crippen molar-refractivity contribution < 1.29 is 0 Å². The summed E-state index contributed by atoms with van der Waals surface area (Å²) in [5, 5.41) is 3.48. The van der Waals surface area contributed by atoms with Crippen LogP contribution in [-0.2, 0) is 0 Å². The predicted octanol–water partition coefficient (Wildman–Crippen LogP) is 4.61. The molecule has 0 aliphatic carbocycles. The molecule has 3 heterocycles. The molecule has 0 saturated carbocycles. The van der Waals surface area contributed by atoms with Gasteiger partial charge in [-0.3, -0.25) is 4.90 Å². The molecule has 1 atom stereocenters. The molecule has 0 aromatic carbocycles. The smallest absolute Gasteiger partial charge is 0.0931 e. The summed E-state index contributed by atoms with van der Waals surface area (Å²) >= 11 is 13.2. The molecule has 2 aromatic heterocycles. The molecular formula is C14H16BrClN2S2. The number of nitrogens with one attached hydrogen (secondary N) is 1. The number of rotatable bonds is 3. The molecule has 0 bridgehead atoms. The Hall–Kier alpha value is 0.0900. The monoisotopic (exact) mass is 390 g/mol. The van der Waals surface area contributed by atoms with Crippen molar-refractivity contribution in [2.75, 3.05) is 26.2 Å². The molecule has 1 N–H and O–H groups in total. The van der Waals surface area contributed by atoms with Gasteiger partial charge in [-0.05, 0) is 53.2 Å². The van der Waals surface area contributed by atoms with Gasteiger partial charge < -0.3 is 5.32 Å². The third-order valence-corrected chi connectivity index (χ3v) is 6.43. The lowest BCUT2D eigenvalue weighted by atomic mass is 10.1. The van der Waals surface area contributed by atoms with Crippen molar-refractivity contribution in [1.82, 2.24) is 10.2 Å². The van der Waals surface area contributed by atoms with Gasteiger partial charge in [-0.25, -0.2) is 0 Å². The first-order valence-corrected chi connectivity index (χ1v) is 9.49. The van der Waals surface area contributed by atoms with E-state index < -0.39 is 0 Å². The zero-order valence-corrected chi connectivity index (χ0v) is 14.9. The first-order chi connectivity index (χ1) is 9.74. The van der Waals surface area contributed by atoms with Gasteiger partial charge in [0.25, 0.3) is 0 Å². The summed E-state index contributed by atoms with van der Waals surface area (Å²) in [6.07, 6.45) is 1.20. The molecule has 6 heteroatoms. The van der Waals surface area contributed by atoms with Crippen molar-refractivity contribution in [3.8, 4) is 0 Å². The minimum Gasteiger partial charge on any atom is -0.315 e. The lowest BCUT2D eigenvalue weighted by Crippen LogP contribution is -2.32. The first kappa shape index (κ1) is 15.0. The van der Waals surface area contributed by atoms with Crippen LogP contribution in [0.2, 0.25) is 4.34 Å². The second-order valence-corrected chi connectivity index (χ2v) is 9.07. The van der Waals surface area contributed by atoms with E-state index in [1.54, 1.807) is 11.3 Å². The Bertz CT molecular complexity index is 521. The third kappa shape index (κ3) is 3.46. The van der Waals surface area contributed by atoms with Crippen LogP contribution in [0.25, 0.3) is 0 Å². The van der Waals surface area contributed by atoms with E-state index in [9.17, 15) is 0 Å². The van der Waals surface area contributed by atoms with E-state index in [0.717, 1.165) is 30.5 Å².